The Bertz CT molecular complexity index is 1140. The largest absolute Gasteiger partial charge is 0.459 e. The van der Waals surface area contributed by atoms with E-state index >= 15 is 0 Å². The number of carbonyl (C=O) groups is 1. The van der Waals surface area contributed by atoms with Crippen molar-refractivity contribution in [1.29, 1.82) is 0 Å². The van der Waals surface area contributed by atoms with Crippen LogP contribution in [0.5, 0.6) is 0 Å². The van der Waals surface area contributed by atoms with Crippen LogP contribution in [0, 0.1) is 10.1 Å². The highest BCUT2D eigenvalue weighted by Gasteiger charge is 2.15. The summed E-state index contributed by atoms with van der Waals surface area (Å²) in [4.78, 5) is 30.5. The molecule has 0 saturated heterocycles. The maximum atomic E-state index is 12.5. The van der Waals surface area contributed by atoms with E-state index in [1.807, 2.05) is 24.3 Å². The van der Waals surface area contributed by atoms with Crippen LogP contribution in [0.15, 0.2) is 71.3 Å². The fourth-order valence-corrected chi connectivity index (χ4v) is 2.69. The van der Waals surface area contributed by atoms with E-state index in [1.54, 1.807) is 30.3 Å². The second kappa shape index (κ2) is 7.20. The number of nitro benzene ring substituents is 1. The van der Waals surface area contributed by atoms with Crippen LogP contribution in [0.1, 0.15) is 21.9 Å². The van der Waals surface area contributed by atoms with Crippen molar-refractivity contribution in [2.24, 2.45) is 0 Å². The highest BCUT2D eigenvalue weighted by Crippen LogP contribution is 2.20. The van der Waals surface area contributed by atoms with Crippen molar-refractivity contribution in [1.82, 2.24) is 15.3 Å². The van der Waals surface area contributed by atoms with E-state index < -0.39 is 10.8 Å². The van der Waals surface area contributed by atoms with Crippen LogP contribution in [0.3, 0.4) is 0 Å². The molecule has 4 aromatic rings. The minimum absolute atomic E-state index is 0.0120. The van der Waals surface area contributed by atoms with Crippen molar-refractivity contribution >= 4 is 34.4 Å². The molecule has 4 rings (SSSR count). The summed E-state index contributed by atoms with van der Waals surface area (Å²) < 4.78 is 5.14. The van der Waals surface area contributed by atoms with Crippen molar-refractivity contribution in [2.75, 3.05) is 0 Å². The van der Waals surface area contributed by atoms with Crippen molar-refractivity contribution in [3.8, 4) is 0 Å². The number of amides is 1. The summed E-state index contributed by atoms with van der Waals surface area (Å²) in [6.45, 7) is 0. The Morgan fingerprint density at radius 2 is 1.89 bits per heavy atom. The smallest absolute Gasteiger partial charge is 0.291 e. The zero-order chi connectivity index (χ0) is 19.5. The van der Waals surface area contributed by atoms with Gasteiger partial charge in [0.1, 0.15) is 0 Å². The van der Waals surface area contributed by atoms with E-state index in [9.17, 15) is 14.9 Å². The number of nitro groups is 1. The fourth-order valence-electron chi connectivity index (χ4n) is 2.69. The summed E-state index contributed by atoms with van der Waals surface area (Å²) in [7, 11) is 0. The molecule has 28 heavy (non-hydrogen) atoms. The predicted molar refractivity (Wildman–Crippen MR) is 103 cm³/mol. The summed E-state index contributed by atoms with van der Waals surface area (Å²) in [5, 5.41) is 13.6. The average Bonchev–Trinajstić information content (AvgIpc) is 3.37. The number of nitrogens with zero attached hydrogens (tertiary/aromatic N) is 2. The summed E-state index contributed by atoms with van der Waals surface area (Å²) in [5.41, 5.74) is 2.63. The quantitative estimate of drug-likeness (QED) is 0.405. The van der Waals surface area contributed by atoms with Gasteiger partial charge < -0.3 is 14.7 Å². The summed E-state index contributed by atoms with van der Waals surface area (Å²) in [6, 6.07) is 16.6. The lowest BCUT2D eigenvalue weighted by atomic mass is 10.1. The third kappa shape index (κ3) is 3.51. The Morgan fingerprint density at radius 1 is 1.11 bits per heavy atom. The number of para-hydroxylation sites is 2. The number of aromatic amines is 1. The maximum Gasteiger partial charge on any atom is 0.291 e. The lowest BCUT2D eigenvalue weighted by molar-refractivity contribution is -0.384. The van der Waals surface area contributed by atoms with Gasteiger partial charge in [-0.3, -0.25) is 14.9 Å². The Morgan fingerprint density at radius 3 is 2.57 bits per heavy atom. The number of hydrogen-bond acceptors (Lipinski definition) is 5. The lowest BCUT2D eigenvalue weighted by Gasteiger charge is -2.07. The van der Waals surface area contributed by atoms with Crippen LogP contribution < -0.4 is 5.32 Å². The van der Waals surface area contributed by atoms with Gasteiger partial charge in [-0.1, -0.05) is 12.1 Å². The van der Waals surface area contributed by atoms with Gasteiger partial charge in [-0.2, -0.15) is 0 Å². The number of fused-ring (bicyclic) bond motifs is 1. The van der Waals surface area contributed by atoms with Crippen molar-refractivity contribution in [3.63, 3.8) is 0 Å². The number of H-pyrrole nitrogens is 1. The van der Waals surface area contributed by atoms with Crippen LogP contribution in [0.4, 0.5) is 5.69 Å². The van der Waals surface area contributed by atoms with Crippen LogP contribution in [-0.4, -0.2) is 20.8 Å². The molecule has 0 saturated carbocycles. The number of aromatic nitrogens is 2. The van der Waals surface area contributed by atoms with Gasteiger partial charge >= 0.3 is 0 Å². The second-order valence-corrected chi connectivity index (χ2v) is 5.94. The van der Waals surface area contributed by atoms with Crippen LogP contribution in [-0.2, 0) is 0 Å². The number of carbonyl (C=O) groups excluding carboxylic acids is 1. The minimum atomic E-state index is -0.466. The SMILES string of the molecule is O=C(N/C(=C\c1ccc([N+](=O)[O-])cc1)c1nc2ccccc2[nH]1)c1ccco1. The molecular formula is C20H14N4O4. The zero-order valence-corrected chi connectivity index (χ0v) is 14.5. The molecular weight excluding hydrogens is 360 g/mol. The molecule has 0 aliphatic heterocycles. The third-order valence-corrected chi connectivity index (χ3v) is 4.05. The third-order valence-electron chi connectivity index (χ3n) is 4.05. The van der Waals surface area contributed by atoms with E-state index in [0.29, 0.717) is 17.1 Å². The van der Waals surface area contributed by atoms with Gasteiger partial charge in [-0.25, -0.2) is 4.98 Å². The number of rotatable bonds is 5. The molecule has 0 radical (unpaired) electrons. The number of hydrogen-bond donors (Lipinski definition) is 2. The second-order valence-electron chi connectivity index (χ2n) is 5.94. The number of nitrogens with one attached hydrogen (secondary N) is 2. The molecule has 2 N–H and O–H groups in total. The van der Waals surface area contributed by atoms with E-state index in [2.05, 4.69) is 15.3 Å². The molecule has 8 heteroatoms. The van der Waals surface area contributed by atoms with Gasteiger partial charge in [-0.15, -0.1) is 0 Å². The number of furan rings is 1. The minimum Gasteiger partial charge on any atom is -0.459 e. The van der Waals surface area contributed by atoms with Crippen LogP contribution in [0.25, 0.3) is 22.8 Å². The van der Waals surface area contributed by atoms with Crippen molar-refractivity contribution in [2.45, 2.75) is 0 Å². The van der Waals surface area contributed by atoms with Gasteiger partial charge in [0.2, 0.25) is 0 Å². The molecule has 0 aliphatic rings. The average molecular weight is 374 g/mol. The monoisotopic (exact) mass is 374 g/mol. The highest BCUT2D eigenvalue weighted by atomic mass is 16.6. The first-order chi connectivity index (χ1) is 13.6. The molecule has 0 spiro atoms. The normalized spacial score (nSPS) is 11.5. The summed E-state index contributed by atoms with van der Waals surface area (Å²) in [6.07, 6.45) is 3.10. The standard InChI is InChI=1S/C20H14N4O4/c25-20(18-6-3-11-28-18)23-17(12-13-7-9-14(10-8-13)24(26)27)19-21-15-4-1-2-5-16(15)22-19/h1-12H,(H,21,22)(H,23,25)/b17-12-. The van der Waals surface area contributed by atoms with E-state index in [-0.39, 0.29) is 11.4 Å². The molecule has 1 amide bonds. The van der Waals surface area contributed by atoms with Gasteiger partial charge in [0, 0.05) is 12.1 Å². The topological polar surface area (TPSA) is 114 Å². The molecule has 0 unspecified atom stereocenters. The molecule has 2 aromatic heterocycles. The van der Waals surface area contributed by atoms with Gasteiger partial charge in [-0.05, 0) is 48.0 Å². The van der Waals surface area contributed by atoms with E-state index in [4.69, 9.17) is 4.42 Å². The molecule has 8 nitrogen and oxygen atoms in total. The molecule has 0 atom stereocenters. The summed E-state index contributed by atoms with van der Waals surface area (Å²) in [5.74, 6) is 0.184. The van der Waals surface area contributed by atoms with Crippen molar-refractivity contribution in [3.05, 3.63) is 94.2 Å². The molecule has 2 aromatic carbocycles. The maximum absolute atomic E-state index is 12.5. The predicted octanol–water partition coefficient (Wildman–Crippen LogP) is 3.99. The Labute approximate surface area is 158 Å². The van der Waals surface area contributed by atoms with Crippen molar-refractivity contribution < 1.29 is 14.1 Å². The Kier molecular flexibility index (Phi) is 4.43. The molecule has 2 heterocycles. The molecule has 0 aliphatic carbocycles. The number of imidazole rings is 1. The van der Waals surface area contributed by atoms with Gasteiger partial charge in [0.05, 0.1) is 27.9 Å². The fraction of sp³-hybridized carbons (Fsp3) is 0. The van der Waals surface area contributed by atoms with Gasteiger partial charge in [0.15, 0.2) is 11.6 Å². The zero-order valence-electron chi connectivity index (χ0n) is 14.5. The van der Waals surface area contributed by atoms with Gasteiger partial charge in [0.25, 0.3) is 11.6 Å². The molecule has 0 bridgehead atoms. The van der Waals surface area contributed by atoms with E-state index in [0.717, 1.165) is 11.0 Å². The molecule has 138 valence electrons. The van der Waals surface area contributed by atoms with E-state index in [1.165, 1.54) is 18.4 Å². The Hall–Kier alpha value is -4.20. The Balaban J connectivity index is 1.73. The number of non-ortho nitro benzene ring substituents is 1. The number of benzene rings is 2. The first-order valence-corrected chi connectivity index (χ1v) is 8.36. The first kappa shape index (κ1) is 17.2. The lowest BCUT2D eigenvalue weighted by Crippen LogP contribution is -2.22. The first-order valence-electron chi connectivity index (χ1n) is 8.36. The highest BCUT2D eigenvalue weighted by molar-refractivity contribution is 6.00. The molecule has 0 fully saturated rings. The van der Waals surface area contributed by atoms with Crippen LogP contribution in [0.2, 0.25) is 0 Å². The summed E-state index contributed by atoms with van der Waals surface area (Å²) >= 11 is 0. The van der Waals surface area contributed by atoms with Crippen LogP contribution >= 0.6 is 0 Å².